The molecule has 1 fully saturated rings. The van der Waals surface area contributed by atoms with Gasteiger partial charge in [-0.15, -0.1) is 0 Å². The van der Waals surface area contributed by atoms with Crippen molar-refractivity contribution in [1.29, 1.82) is 0 Å². The lowest BCUT2D eigenvalue weighted by molar-refractivity contribution is -0.139. The number of benzene rings is 1. The van der Waals surface area contributed by atoms with Crippen LogP contribution in [0.2, 0.25) is 18.1 Å². The van der Waals surface area contributed by atoms with Gasteiger partial charge in [-0.05, 0) is 23.7 Å². The first-order chi connectivity index (χ1) is 11.6. The van der Waals surface area contributed by atoms with Crippen molar-refractivity contribution in [1.82, 2.24) is 4.90 Å². The number of hydrogen-bond donors (Lipinski definition) is 0. The smallest absolute Gasteiger partial charge is 0.413 e. The number of nitrogens with zero attached hydrogens (tertiary/aromatic N) is 1. The molecule has 1 aliphatic rings. The van der Waals surface area contributed by atoms with Crippen molar-refractivity contribution in [2.75, 3.05) is 13.3 Å². The molecule has 138 valence electrons. The second-order valence-corrected chi connectivity index (χ2v) is 12.5. The monoisotopic (exact) mass is 365 g/mol. The number of cyclic esters (lactones) is 1. The molecule has 1 heterocycles. The van der Waals surface area contributed by atoms with E-state index in [2.05, 4.69) is 33.9 Å². The number of carbonyl (C=O) groups is 2. The van der Waals surface area contributed by atoms with Crippen molar-refractivity contribution < 1.29 is 23.5 Å². The molecule has 1 atom stereocenters. The fourth-order valence-electron chi connectivity index (χ4n) is 2.09. The Bertz CT molecular complexity index is 612. The molecule has 2 rings (SSSR count). The van der Waals surface area contributed by atoms with E-state index in [1.54, 1.807) is 0 Å². The summed E-state index contributed by atoms with van der Waals surface area (Å²) in [6.07, 6.45) is -0.571. The van der Waals surface area contributed by atoms with Gasteiger partial charge in [0.25, 0.3) is 0 Å². The average molecular weight is 366 g/mol. The Kier molecular flexibility index (Phi) is 5.90. The first kappa shape index (κ1) is 19.5. The van der Waals surface area contributed by atoms with Crippen LogP contribution in [-0.2, 0) is 25.3 Å². The summed E-state index contributed by atoms with van der Waals surface area (Å²) in [5, 5.41) is 0.0220. The minimum Gasteiger partial charge on any atom is -0.444 e. The zero-order valence-corrected chi connectivity index (χ0v) is 16.6. The number of ether oxygens (including phenoxy) is 2. The quantitative estimate of drug-likeness (QED) is 0.590. The van der Waals surface area contributed by atoms with Gasteiger partial charge in [-0.2, -0.15) is 0 Å². The SMILES string of the molecule is CC(C)(C)[Si](C)(C)OCC1C(=O)OCN1C(=O)OCc1ccccc1. The van der Waals surface area contributed by atoms with Crippen molar-refractivity contribution in [2.24, 2.45) is 0 Å². The maximum Gasteiger partial charge on any atom is 0.413 e. The summed E-state index contributed by atoms with van der Waals surface area (Å²) in [5.41, 5.74) is 0.886. The van der Waals surface area contributed by atoms with Crippen molar-refractivity contribution in [3.05, 3.63) is 35.9 Å². The van der Waals surface area contributed by atoms with Crippen LogP contribution in [0.4, 0.5) is 4.79 Å². The summed E-state index contributed by atoms with van der Waals surface area (Å²) in [6.45, 7) is 10.8. The van der Waals surface area contributed by atoms with Gasteiger partial charge in [0.15, 0.2) is 21.1 Å². The molecule has 0 saturated carbocycles. The van der Waals surface area contributed by atoms with Gasteiger partial charge >= 0.3 is 12.1 Å². The number of rotatable bonds is 5. The van der Waals surface area contributed by atoms with Crippen molar-refractivity contribution in [3.63, 3.8) is 0 Å². The third-order valence-electron chi connectivity index (χ3n) is 4.84. The van der Waals surface area contributed by atoms with Crippen molar-refractivity contribution in [3.8, 4) is 0 Å². The van der Waals surface area contributed by atoms with Crippen LogP contribution < -0.4 is 0 Å². The maximum absolute atomic E-state index is 12.3. The second-order valence-electron chi connectivity index (χ2n) is 7.69. The highest BCUT2D eigenvalue weighted by molar-refractivity contribution is 6.74. The molecule has 6 nitrogen and oxygen atoms in total. The van der Waals surface area contributed by atoms with Crippen LogP contribution in [0.15, 0.2) is 30.3 Å². The van der Waals surface area contributed by atoms with Crippen LogP contribution in [0.25, 0.3) is 0 Å². The summed E-state index contributed by atoms with van der Waals surface area (Å²) >= 11 is 0. The van der Waals surface area contributed by atoms with Gasteiger partial charge in [-0.1, -0.05) is 51.1 Å². The lowest BCUT2D eigenvalue weighted by Gasteiger charge is -2.37. The molecule has 1 aliphatic heterocycles. The first-order valence-corrected chi connectivity index (χ1v) is 11.3. The van der Waals surface area contributed by atoms with Crippen LogP contribution in [0.1, 0.15) is 26.3 Å². The molecule has 1 saturated heterocycles. The Morgan fingerprint density at radius 3 is 2.52 bits per heavy atom. The summed E-state index contributed by atoms with van der Waals surface area (Å²) < 4.78 is 16.4. The summed E-state index contributed by atoms with van der Waals surface area (Å²) in [5.74, 6) is -0.449. The Morgan fingerprint density at radius 1 is 1.28 bits per heavy atom. The largest absolute Gasteiger partial charge is 0.444 e. The van der Waals surface area contributed by atoms with E-state index in [-0.39, 0.29) is 25.0 Å². The highest BCUT2D eigenvalue weighted by atomic mass is 28.4. The van der Waals surface area contributed by atoms with E-state index in [0.29, 0.717) is 0 Å². The van der Waals surface area contributed by atoms with E-state index in [4.69, 9.17) is 13.9 Å². The Labute approximate surface area is 150 Å². The van der Waals surface area contributed by atoms with Gasteiger partial charge in [0.05, 0.1) is 6.61 Å². The van der Waals surface area contributed by atoms with Crippen LogP contribution in [0.3, 0.4) is 0 Å². The summed E-state index contributed by atoms with van der Waals surface area (Å²) in [4.78, 5) is 25.6. The third kappa shape index (κ3) is 4.82. The Hall–Kier alpha value is -1.86. The fourth-order valence-corrected chi connectivity index (χ4v) is 3.10. The van der Waals surface area contributed by atoms with E-state index >= 15 is 0 Å². The average Bonchev–Trinajstić information content (AvgIpc) is 2.91. The first-order valence-electron chi connectivity index (χ1n) is 8.40. The van der Waals surface area contributed by atoms with E-state index in [1.807, 2.05) is 30.3 Å². The molecule has 1 aromatic carbocycles. The van der Waals surface area contributed by atoms with E-state index in [1.165, 1.54) is 4.90 Å². The van der Waals surface area contributed by atoms with Crippen LogP contribution in [0, 0.1) is 0 Å². The second kappa shape index (κ2) is 7.57. The molecule has 1 unspecified atom stereocenters. The van der Waals surface area contributed by atoms with Crippen LogP contribution in [-0.4, -0.2) is 44.7 Å². The molecule has 25 heavy (non-hydrogen) atoms. The summed E-state index contributed by atoms with van der Waals surface area (Å²) in [6, 6.07) is 8.64. The zero-order valence-electron chi connectivity index (χ0n) is 15.6. The highest BCUT2D eigenvalue weighted by Gasteiger charge is 2.43. The fraction of sp³-hybridized carbons (Fsp3) is 0.556. The van der Waals surface area contributed by atoms with Crippen LogP contribution >= 0.6 is 0 Å². The molecule has 0 radical (unpaired) electrons. The normalized spacial score (nSPS) is 18.2. The molecule has 1 amide bonds. The molecule has 0 spiro atoms. The molecule has 7 heteroatoms. The van der Waals surface area contributed by atoms with E-state index < -0.39 is 26.4 Å². The minimum atomic E-state index is -2.02. The molecule has 1 aromatic rings. The van der Waals surface area contributed by atoms with Crippen molar-refractivity contribution in [2.45, 2.75) is 51.6 Å². The van der Waals surface area contributed by atoms with Crippen molar-refractivity contribution >= 4 is 20.4 Å². The lowest BCUT2D eigenvalue weighted by Crippen LogP contribution is -2.47. The third-order valence-corrected chi connectivity index (χ3v) is 9.34. The molecule has 0 bridgehead atoms. The highest BCUT2D eigenvalue weighted by Crippen LogP contribution is 2.36. The number of carbonyl (C=O) groups excluding carboxylic acids is 2. The minimum absolute atomic E-state index is 0.0220. The van der Waals surface area contributed by atoms with Gasteiger partial charge in [0.1, 0.15) is 6.61 Å². The number of esters is 1. The predicted octanol–water partition coefficient (Wildman–Crippen LogP) is 3.53. The maximum atomic E-state index is 12.3. The zero-order chi connectivity index (χ0) is 18.7. The molecule has 0 aromatic heterocycles. The molecular weight excluding hydrogens is 338 g/mol. The Morgan fingerprint density at radius 2 is 1.92 bits per heavy atom. The standard InChI is InChI=1S/C18H27NO5Si/c1-18(2,3)25(4,5)24-12-15-16(20)23-13-19(15)17(21)22-11-14-9-7-6-8-10-14/h6-10,15H,11-13H2,1-5H3. The number of hydrogen-bond acceptors (Lipinski definition) is 5. The predicted molar refractivity (Wildman–Crippen MR) is 96.4 cm³/mol. The molecular formula is C18H27NO5Si. The van der Waals surface area contributed by atoms with E-state index in [9.17, 15) is 9.59 Å². The number of amides is 1. The molecule has 0 N–H and O–H groups in total. The lowest BCUT2D eigenvalue weighted by atomic mass is 10.2. The van der Waals surface area contributed by atoms with Gasteiger partial charge in [0.2, 0.25) is 0 Å². The van der Waals surface area contributed by atoms with E-state index in [0.717, 1.165) is 5.56 Å². The van der Waals surface area contributed by atoms with Gasteiger partial charge in [0, 0.05) is 0 Å². The Balaban J connectivity index is 1.95. The van der Waals surface area contributed by atoms with Gasteiger partial charge in [-0.25, -0.2) is 9.59 Å². The molecule has 0 aliphatic carbocycles. The summed E-state index contributed by atoms with van der Waals surface area (Å²) in [7, 11) is -2.02. The van der Waals surface area contributed by atoms with Gasteiger partial charge < -0.3 is 13.9 Å². The topological polar surface area (TPSA) is 65.1 Å². The van der Waals surface area contributed by atoms with Crippen LogP contribution in [0.5, 0.6) is 0 Å². The van der Waals surface area contributed by atoms with Gasteiger partial charge in [-0.3, -0.25) is 4.90 Å².